The smallest absolute Gasteiger partial charge is 0.145 e. The zero-order valence-electron chi connectivity index (χ0n) is 3.59. The van der Waals surface area contributed by atoms with Crippen molar-refractivity contribution in [3.63, 3.8) is 0 Å². The lowest BCUT2D eigenvalue weighted by Gasteiger charge is -1.54. The zero-order valence-corrected chi connectivity index (χ0v) is 3.59. The first-order valence-corrected chi connectivity index (χ1v) is 1.41. The predicted octanol–water partition coefficient (Wildman–Crippen LogP) is -1.21. The third-order valence-electron chi connectivity index (χ3n) is 0.0745. The third kappa shape index (κ3) is 69.2. The van der Waals surface area contributed by atoms with E-state index < -0.39 is 0 Å². The summed E-state index contributed by atoms with van der Waals surface area (Å²) in [5.74, 6) is 0. The second kappa shape index (κ2) is 23.4. The Morgan fingerprint density at radius 1 is 1.67 bits per heavy atom. The van der Waals surface area contributed by atoms with Crippen LogP contribution in [0.15, 0.2) is 0 Å². The fraction of sp³-hybridized carbons (Fsp3) is 0.667. The summed E-state index contributed by atoms with van der Waals surface area (Å²) in [5.41, 5.74) is 0. The van der Waals surface area contributed by atoms with Crippen molar-refractivity contribution in [2.45, 2.75) is 0 Å². The third-order valence-corrected chi connectivity index (χ3v) is 0.0745. The van der Waals surface area contributed by atoms with Crippen LogP contribution in [0.25, 0.3) is 0 Å². The maximum atomic E-state index is 8.92. The molecule has 0 unspecified atom stereocenters. The Bertz CT molecular complexity index is 20.0. The molecule has 0 radical (unpaired) electrons. The molecule has 0 saturated carbocycles. The summed E-state index contributed by atoms with van der Waals surface area (Å²) in [5, 5.41) is 14.5. The highest BCUT2D eigenvalue weighted by atomic mass is 16.3. The van der Waals surface area contributed by atoms with Crippen molar-refractivity contribution >= 4 is 6.29 Å². The molecular weight excluding hydrogens is 84.0 g/mol. The van der Waals surface area contributed by atoms with Gasteiger partial charge in [0.2, 0.25) is 0 Å². The quantitative estimate of drug-likeness (QED) is 0.399. The van der Waals surface area contributed by atoms with E-state index in [1.807, 2.05) is 0 Å². The van der Waals surface area contributed by atoms with Crippen LogP contribution in [0.2, 0.25) is 0 Å². The summed E-state index contributed by atoms with van der Waals surface area (Å²) in [7, 11) is 1.00. The number of rotatable bonds is 1. The van der Waals surface area contributed by atoms with Crippen molar-refractivity contribution in [1.29, 1.82) is 0 Å². The number of carbonyl (C=O) groups excluding carboxylic acids is 1. The van der Waals surface area contributed by atoms with Gasteiger partial charge in [0.1, 0.15) is 6.29 Å². The molecular formula is C3H8O3. The molecule has 3 nitrogen and oxygen atoms in total. The number of aldehydes is 1. The summed E-state index contributed by atoms with van der Waals surface area (Å²) < 4.78 is 0. The summed E-state index contributed by atoms with van der Waals surface area (Å²) in [4.78, 5) is 8.92. The minimum atomic E-state index is -0.361. The van der Waals surface area contributed by atoms with Gasteiger partial charge >= 0.3 is 0 Å². The first-order valence-electron chi connectivity index (χ1n) is 1.41. The van der Waals surface area contributed by atoms with Crippen LogP contribution in [0.1, 0.15) is 0 Å². The Morgan fingerprint density at radius 3 is 1.83 bits per heavy atom. The van der Waals surface area contributed by atoms with E-state index in [-0.39, 0.29) is 6.61 Å². The highest BCUT2D eigenvalue weighted by Gasteiger charge is 1.53. The van der Waals surface area contributed by atoms with Crippen molar-refractivity contribution in [3.8, 4) is 0 Å². The van der Waals surface area contributed by atoms with E-state index in [0.29, 0.717) is 6.29 Å². The molecule has 3 heteroatoms. The molecule has 0 aromatic carbocycles. The minimum absolute atomic E-state index is 0.361. The average Bonchev–Trinajstić information content (AvgIpc) is 1.72. The lowest BCUT2D eigenvalue weighted by molar-refractivity contribution is -0.110. The Kier molecular flexibility index (Phi) is 35.6. The second-order valence-electron chi connectivity index (χ2n) is 0.349. The van der Waals surface area contributed by atoms with Gasteiger partial charge in [0, 0.05) is 7.11 Å². The van der Waals surface area contributed by atoms with Gasteiger partial charge in [-0.15, -0.1) is 0 Å². The Labute approximate surface area is 36.2 Å². The van der Waals surface area contributed by atoms with Gasteiger partial charge in [-0.05, 0) is 0 Å². The standard InChI is InChI=1S/C2H4O2.CH4O/c3-1-2-4;1-2/h1,4H,2H2;2H,1H3. The van der Waals surface area contributed by atoms with Crippen LogP contribution >= 0.6 is 0 Å². The molecule has 0 aliphatic carbocycles. The van der Waals surface area contributed by atoms with Crippen LogP contribution in [-0.4, -0.2) is 30.2 Å². The van der Waals surface area contributed by atoms with E-state index in [4.69, 9.17) is 15.0 Å². The molecule has 0 atom stereocenters. The molecule has 0 fully saturated rings. The van der Waals surface area contributed by atoms with Gasteiger partial charge in [0.05, 0.1) is 6.61 Å². The van der Waals surface area contributed by atoms with E-state index in [1.165, 1.54) is 0 Å². The molecule has 38 valence electrons. The van der Waals surface area contributed by atoms with Crippen molar-refractivity contribution in [1.82, 2.24) is 0 Å². The molecule has 0 heterocycles. The Hall–Kier alpha value is -0.410. The molecule has 0 rings (SSSR count). The van der Waals surface area contributed by atoms with E-state index in [9.17, 15) is 0 Å². The van der Waals surface area contributed by atoms with Gasteiger partial charge in [0.15, 0.2) is 0 Å². The Balaban J connectivity index is 0. The second-order valence-corrected chi connectivity index (χ2v) is 0.349. The number of aliphatic hydroxyl groups is 2. The zero-order chi connectivity index (χ0) is 5.41. The van der Waals surface area contributed by atoms with E-state index in [0.717, 1.165) is 7.11 Å². The van der Waals surface area contributed by atoms with Crippen molar-refractivity contribution < 1.29 is 15.0 Å². The summed E-state index contributed by atoms with van der Waals surface area (Å²) in [6, 6.07) is 0. The molecule has 0 aliphatic rings. The summed E-state index contributed by atoms with van der Waals surface area (Å²) in [6.07, 6.45) is 0.431. The number of hydrogen-bond donors (Lipinski definition) is 2. The van der Waals surface area contributed by atoms with Crippen molar-refractivity contribution in [2.24, 2.45) is 0 Å². The molecule has 0 amide bonds. The predicted molar refractivity (Wildman–Crippen MR) is 21.3 cm³/mol. The maximum absolute atomic E-state index is 8.92. The number of aliphatic hydroxyl groups excluding tert-OH is 2. The first kappa shape index (κ1) is 9.14. The molecule has 2 N–H and O–H groups in total. The topological polar surface area (TPSA) is 57.5 Å². The van der Waals surface area contributed by atoms with Crippen LogP contribution in [0, 0.1) is 0 Å². The molecule has 0 spiro atoms. The SMILES string of the molecule is CO.O=CCO. The molecule has 0 aromatic heterocycles. The van der Waals surface area contributed by atoms with Gasteiger partial charge in [-0.2, -0.15) is 0 Å². The molecule has 6 heavy (non-hydrogen) atoms. The van der Waals surface area contributed by atoms with Gasteiger partial charge in [-0.3, -0.25) is 0 Å². The van der Waals surface area contributed by atoms with Gasteiger partial charge in [-0.1, -0.05) is 0 Å². The molecule has 0 bridgehead atoms. The van der Waals surface area contributed by atoms with Crippen molar-refractivity contribution in [3.05, 3.63) is 0 Å². The lowest BCUT2D eigenvalue weighted by Crippen LogP contribution is -1.75. The van der Waals surface area contributed by atoms with Gasteiger partial charge < -0.3 is 15.0 Å². The van der Waals surface area contributed by atoms with Crippen LogP contribution in [0.4, 0.5) is 0 Å². The monoisotopic (exact) mass is 92.0 g/mol. The number of hydrogen-bond acceptors (Lipinski definition) is 3. The summed E-state index contributed by atoms with van der Waals surface area (Å²) >= 11 is 0. The lowest BCUT2D eigenvalue weighted by atomic mass is 10.9. The fourth-order valence-electron chi connectivity index (χ4n) is 0. The number of carbonyl (C=O) groups is 1. The van der Waals surface area contributed by atoms with E-state index in [1.54, 1.807) is 0 Å². The van der Waals surface area contributed by atoms with E-state index >= 15 is 0 Å². The van der Waals surface area contributed by atoms with Gasteiger partial charge in [0.25, 0.3) is 0 Å². The fourth-order valence-corrected chi connectivity index (χ4v) is 0. The highest BCUT2D eigenvalue weighted by Crippen LogP contribution is 1.27. The largest absolute Gasteiger partial charge is 0.400 e. The molecule has 0 aliphatic heterocycles. The normalized spacial score (nSPS) is 5.17. The average molecular weight is 92.1 g/mol. The van der Waals surface area contributed by atoms with E-state index in [2.05, 4.69) is 0 Å². The van der Waals surface area contributed by atoms with Gasteiger partial charge in [-0.25, -0.2) is 0 Å². The van der Waals surface area contributed by atoms with Crippen LogP contribution in [0.3, 0.4) is 0 Å². The summed E-state index contributed by atoms with van der Waals surface area (Å²) in [6.45, 7) is -0.361. The maximum Gasteiger partial charge on any atom is 0.145 e. The van der Waals surface area contributed by atoms with Crippen LogP contribution in [-0.2, 0) is 4.79 Å². The highest BCUT2D eigenvalue weighted by molar-refractivity contribution is 5.49. The van der Waals surface area contributed by atoms with Crippen LogP contribution < -0.4 is 0 Å². The molecule has 0 saturated heterocycles. The Morgan fingerprint density at radius 2 is 1.83 bits per heavy atom. The van der Waals surface area contributed by atoms with Crippen LogP contribution in [0.5, 0.6) is 0 Å². The van der Waals surface area contributed by atoms with Crippen molar-refractivity contribution in [2.75, 3.05) is 13.7 Å². The molecule has 0 aromatic rings. The first-order chi connectivity index (χ1) is 2.91. The minimum Gasteiger partial charge on any atom is -0.400 e.